The fraction of sp³-hybridized carbons (Fsp3) is 0.267. The Hall–Kier alpha value is -2.47. The topological polar surface area (TPSA) is 84.3 Å². The Labute approximate surface area is 121 Å². The summed E-state index contributed by atoms with van der Waals surface area (Å²) in [5.74, 6) is -0.545. The summed E-state index contributed by atoms with van der Waals surface area (Å²) >= 11 is 0. The van der Waals surface area contributed by atoms with Crippen molar-refractivity contribution in [2.45, 2.75) is 12.5 Å². The quantitative estimate of drug-likeness (QED) is 0.892. The van der Waals surface area contributed by atoms with Gasteiger partial charge >= 0.3 is 5.97 Å². The van der Waals surface area contributed by atoms with Crippen molar-refractivity contribution in [1.82, 2.24) is 9.97 Å². The molecule has 1 aromatic heterocycles. The zero-order valence-electron chi connectivity index (χ0n) is 11.3. The van der Waals surface area contributed by atoms with Gasteiger partial charge in [-0.2, -0.15) is 0 Å². The molecule has 0 spiro atoms. The largest absolute Gasteiger partial charge is 0.477 e. The normalized spacial score (nSPS) is 17.0. The molecule has 2 N–H and O–H groups in total. The van der Waals surface area contributed by atoms with Gasteiger partial charge in [0.05, 0.1) is 13.2 Å². The van der Waals surface area contributed by atoms with E-state index in [-0.39, 0.29) is 11.6 Å². The molecule has 0 bridgehead atoms. The molecule has 1 aliphatic heterocycles. The average molecular weight is 285 g/mol. The van der Waals surface area contributed by atoms with Crippen LogP contribution < -0.4 is 5.32 Å². The molecular weight excluding hydrogens is 270 g/mol. The molecule has 0 amide bonds. The SMILES string of the molecule is O=C(O)c1ccnc(NCC2COCc3ccccc32)n1. The average Bonchev–Trinajstić information content (AvgIpc) is 2.53. The zero-order chi connectivity index (χ0) is 14.7. The molecule has 0 saturated heterocycles. The highest BCUT2D eigenvalue weighted by molar-refractivity contribution is 5.85. The van der Waals surface area contributed by atoms with Crippen molar-refractivity contribution < 1.29 is 14.6 Å². The van der Waals surface area contributed by atoms with Gasteiger partial charge in [-0.3, -0.25) is 0 Å². The van der Waals surface area contributed by atoms with Crippen LogP contribution in [-0.2, 0) is 11.3 Å². The summed E-state index contributed by atoms with van der Waals surface area (Å²) in [5, 5.41) is 12.0. The summed E-state index contributed by atoms with van der Waals surface area (Å²) in [5.41, 5.74) is 2.43. The second-order valence-corrected chi connectivity index (χ2v) is 4.86. The highest BCUT2D eigenvalue weighted by Gasteiger charge is 2.20. The third kappa shape index (κ3) is 3.00. The standard InChI is InChI=1S/C15H15N3O3/c19-14(20)13-5-6-16-15(18-13)17-7-11-9-21-8-10-3-1-2-4-12(10)11/h1-6,11H,7-9H2,(H,19,20)(H,16,17,18). The number of fused-ring (bicyclic) bond motifs is 1. The molecule has 0 saturated carbocycles. The highest BCUT2D eigenvalue weighted by atomic mass is 16.5. The molecule has 108 valence electrons. The van der Waals surface area contributed by atoms with Gasteiger partial charge in [-0.05, 0) is 17.2 Å². The number of hydrogen-bond donors (Lipinski definition) is 2. The number of carboxylic acid groups (broad SMARTS) is 1. The first-order chi connectivity index (χ1) is 10.2. The van der Waals surface area contributed by atoms with Crippen LogP contribution >= 0.6 is 0 Å². The van der Waals surface area contributed by atoms with Crippen molar-refractivity contribution in [3.05, 3.63) is 53.3 Å². The van der Waals surface area contributed by atoms with E-state index >= 15 is 0 Å². The van der Waals surface area contributed by atoms with Crippen LogP contribution in [0.5, 0.6) is 0 Å². The van der Waals surface area contributed by atoms with Gasteiger partial charge in [0.2, 0.25) is 5.95 Å². The van der Waals surface area contributed by atoms with Crippen LogP contribution in [0.15, 0.2) is 36.5 Å². The summed E-state index contributed by atoms with van der Waals surface area (Å²) in [6.45, 7) is 1.86. The van der Waals surface area contributed by atoms with Crippen molar-refractivity contribution >= 4 is 11.9 Å². The van der Waals surface area contributed by atoms with E-state index in [1.54, 1.807) is 0 Å². The maximum atomic E-state index is 10.9. The fourth-order valence-electron chi connectivity index (χ4n) is 2.41. The van der Waals surface area contributed by atoms with Gasteiger partial charge in [0.15, 0.2) is 5.69 Å². The van der Waals surface area contributed by atoms with E-state index in [2.05, 4.69) is 27.4 Å². The summed E-state index contributed by atoms with van der Waals surface area (Å²) in [4.78, 5) is 18.9. The lowest BCUT2D eigenvalue weighted by Crippen LogP contribution is -2.24. The number of aromatic carboxylic acids is 1. The Bertz CT molecular complexity index is 660. The van der Waals surface area contributed by atoms with Crippen molar-refractivity contribution in [3.8, 4) is 0 Å². The Morgan fingerprint density at radius 3 is 3.10 bits per heavy atom. The molecule has 2 aromatic rings. The zero-order valence-corrected chi connectivity index (χ0v) is 11.3. The van der Waals surface area contributed by atoms with Gasteiger partial charge < -0.3 is 15.2 Å². The molecule has 1 aliphatic rings. The smallest absolute Gasteiger partial charge is 0.354 e. The van der Waals surface area contributed by atoms with Crippen LogP contribution in [0.25, 0.3) is 0 Å². The molecule has 2 heterocycles. The molecule has 0 aliphatic carbocycles. The van der Waals surface area contributed by atoms with Crippen molar-refractivity contribution in [3.63, 3.8) is 0 Å². The van der Waals surface area contributed by atoms with E-state index < -0.39 is 5.97 Å². The van der Waals surface area contributed by atoms with Crippen LogP contribution in [-0.4, -0.2) is 34.2 Å². The number of ether oxygens (including phenoxy) is 1. The van der Waals surface area contributed by atoms with Gasteiger partial charge in [0.25, 0.3) is 0 Å². The van der Waals surface area contributed by atoms with E-state index in [9.17, 15) is 4.79 Å². The number of carboxylic acids is 1. The number of hydrogen-bond acceptors (Lipinski definition) is 5. The Morgan fingerprint density at radius 2 is 2.24 bits per heavy atom. The molecule has 3 rings (SSSR count). The lowest BCUT2D eigenvalue weighted by Gasteiger charge is -2.25. The predicted octanol–water partition coefficient (Wildman–Crippen LogP) is 1.90. The minimum absolute atomic E-state index is 0.0206. The number of anilines is 1. The van der Waals surface area contributed by atoms with Gasteiger partial charge in [-0.15, -0.1) is 0 Å². The molecular formula is C15H15N3O3. The van der Waals surface area contributed by atoms with Crippen LogP contribution in [0.3, 0.4) is 0 Å². The van der Waals surface area contributed by atoms with Crippen LogP contribution in [0.1, 0.15) is 27.5 Å². The highest BCUT2D eigenvalue weighted by Crippen LogP contribution is 2.26. The fourth-order valence-corrected chi connectivity index (χ4v) is 2.41. The number of benzene rings is 1. The van der Waals surface area contributed by atoms with Crippen LogP contribution in [0.4, 0.5) is 5.95 Å². The molecule has 1 atom stereocenters. The van der Waals surface area contributed by atoms with Gasteiger partial charge in [-0.1, -0.05) is 24.3 Å². The van der Waals surface area contributed by atoms with Gasteiger partial charge in [-0.25, -0.2) is 14.8 Å². The Morgan fingerprint density at radius 1 is 1.38 bits per heavy atom. The molecule has 6 heteroatoms. The lowest BCUT2D eigenvalue weighted by atomic mass is 9.93. The monoisotopic (exact) mass is 285 g/mol. The van der Waals surface area contributed by atoms with Crippen molar-refractivity contribution in [2.24, 2.45) is 0 Å². The summed E-state index contributed by atoms with van der Waals surface area (Å²) < 4.78 is 5.58. The van der Waals surface area contributed by atoms with E-state index in [1.165, 1.54) is 23.4 Å². The maximum Gasteiger partial charge on any atom is 0.354 e. The first-order valence-electron chi connectivity index (χ1n) is 6.70. The second-order valence-electron chi connectivity index (χ2n) is 4.86. The first-order valence-corrected chi connectivity index (χ1v) is 6.70. The van der Waals surface area contributed by atoms with Crippen molar-refractivity contribution in [2.75, 3.05) is 18.5 Å². The second kappa shape index (κ2) is 5.88. The van der Waals surface area contributed by atoms with Crippen LogP contribution in [0.2, 0.25) is 0 Å². The Balaban J connectivity index is 1.71. The van der Waals surface area contributed by atoms with Gasteiger partial charge in [0, 0.05) is 18.7 Å². The summed E-state index contributed by atoms with van der Waals surface area (Å²) in [6, 6.07) is 9.53. The number of rotatable bonds is 4. The number of aromatic nitrogens is 2. The van der Waals surface area contributed by atoms with Crippen molar-refractivity contribution in [1.29, 1.82) is 0 Å². The Kier molecular flexibility index (Phi) is 3.79. The minimum atomic E-state index is -1.06. The third-order valence-corrected chi connectivity index (χ3v) is 3.45. The molecule has 1 unspecified atom stereocenters. The molecule has 0 radical (unpaired) electrons. The molecule has 0 fully saturated rings. The maximum absolute atomic E-state index is 10.9. The van der Waals surface area contributed by atoms with E-state index in [1.807, 2.05) is 12.1 Å². The lowest BCUT2D eigenvalue weighted by molar-refractivity contribution is 0.0690. The van der Waals surface area contributed by atoms with E-state index in [4.69, 9.17) is 9.84 Å². The predicted molar refractivity (Wildman–Crippen MR) is 76.3 cm³/mol. The number of nitrogens with zero attached hydrogens (tertiary/aromatic N) is 2. The van der Waals surface area contributed by atoms with Crippen LogP contribution in [0, 0.1) is 0 Å². The van der Waals surface area contributed by atoms with E-state index in [0.717, 1.165) is 0 Å². The molecule has 21 heavy (non-hydrogen) atoms. The molecule has 6 nitrogen and oxygen atoms in total. The third-order valence-electron chi connectivity index (χ3n) is 3.45. The minimum Gasteiger partial charge on any atom is -0.477 e. The summed E-state index contributed by atoms with van der Waals surface area (Å²) in [6.07, 6.45) is 1.43. The van der Waals surface area contributed by atoms with E-state index in [0.29, 0.717) is 25.7 Å². The summed E-state index contributed by atoms with van der Waals surface area (Å²) in [7, 11) is 0. The van der Waals surface area contributed by atoms with Gasteiger partial charge in [0.1, 0.15) is 0 Å². The molecule has 1 aromatic carbocycles. The first kappa shape index (κ1) is 13.5. The number of carbonyl (C=O) groups is 1. The number of nitrogens with one attached hydrogen (secondary N) is 1.